The molecule has 1 spiro atoms. The summed E-state index contributed by atoms with van der Waals surface area (Å²) in [6.07, 6.45) is -0.0449. The van der Waals surface area contributed by atoms with E-state index in [0.717, 1.165) is 15.5 Å². The fraction of sp³-hybridized carbons (Fsp3) is 0.571. The van der Waals surface area contributed by atoms with Crippen LogP contribution in [0.15, 0.2) is 12.1 Å². The molecular weight excluding hydrogens is 434 g/mol. The van der Waals surface area contributed by atoms with Gasteiger partial charge in [-0.15, -0.1) is 0 Å². The molecule has 176 valence electrons. The molecule has 0 aromatic heterocycles. The normalized spacial score (nSPS) is 24.8. The molecule has 12 heteroatoms. The lowest BCUT2D eigenvalue weighted by Gasteiger charge is -2.54. The molecule has 4 heterocycles. The number of hydrogen-bond acceptors (Lipinski definition) is 9. The van der Waals surface area contributed by atoms with Crippen LogP contribution in [0.4, 0.5) is 21.9 Å². The first-order valence-electron chi connectivity index (χ1n) is 10.9. The molecule has 5 rings (SSSR count). The van der Waals surface area contributed by atoms with E-state index in [1.807, 2.05) is 9.80 Å². The van der Waals surface area contributed by atoms with Crippen LogP contribution in [0.3, 0.4) is 0 Å². The van der Waals surface area contributed by atoms with E-state index in [1.165, 1.54) is 20.2 Å². The highest BCUT2D eigenvalue weighted by Gasteiger charge is 2.63. The van der Waals surface area contributed by atoms with Crippen LogP contribution >= 0.6 is 0 Å². The predicted molar refractivity (Wildman–Crippen MR) is 115 cm³/mol. The third-order valence-corrected chi connectivity index (χ3v) is 7.15. The zero-order chi connectivity index (χ0) is 23.5. The molecule has 4 aliphatic rings. The Kier molecular flexibility index (Phi) is 5.01. The van der Waals surface area contributed by atoms with Gasteiger partial charge >= 0.3 is 6.03 Å². The van der Waals surface area contributed by atoms with Gasteiger partial charge in [0.05, 0.1) is 37.4 Å². The Morgan fingerprint density at radius 1 is 0.970 bits per heavy atom. The van der Waals surface area contributed by atoms with E-state index in [0.29, 0.717) is 50.7 Å². The van der Waals surface area contributed by atoms with Crippen LogP contribution in [-0.2, 0) is 25.5 Å². The lowest BCUT2D eigenvalue weighted by molar-refractivity contribution is -0.384. The fourth-order valence-electron chi connectivity index (χ4n) is 5.47. The Labute approximate surface area is 189 Å². The third-order valence-electron chi connectivity index (χ3n) is 7.15. The van der Waals surface area contributed by atoms with Crippen LogP contribution in [0.5, 0.6) is 0 Å². The van der Waals surface area contributed by atoms with Crippen molar-refractivity contribution in [2.75, 3.05) is 70.0 Å². The van der Waals surface area contributed by atoms with Crippen molar-refractivity contribution >= 4 is 34.9 Å². The lowest BCUT2D eigenvalue weighted by Crippen LogP contribution is -2.73. The molecule has 4 amide bonds. The van der Waals surface area contributed by atoms with E-state index >= 15 is 0 Å². The van der Waals surface area contributed by atoms with Crippen molar-refractivity contribution in [3.63, 3.8) is 0 Å². The van der Waals surface area contributed by atoms with E-state index in [4.69, 9.17) is 9.47 Å². The lowest BCUT2D eigenvalue weighted by atomic mass is 9.68. The minimum absolute atomic E-state index is 0.0449. The van der Waals surface area contributed by atoms with E-state index in [2.05, 4.69) is 0 Å². The molecule has 0 N–H and O–H groups in total. The van der Waals surface area contributed by atoms with Crippen LogP contribution in [0, 0.1) is 15.5 Å². The second kappa shape index (κ2) is 7.66. The first-order valence-corrected chi connectivity index (χ1v) is 10.9. The molecule has 1 atom stereocenters. The van der Waals surface area contributed by atoms with Gasteiger partial charge in [-0.05, 0) is 11.6 Å². The number of ether oxygens (including phenoxy) is 2. The zero-order valence-corrected chi connectivity index (χ0v) is 18.5. The van der Waals surface area contributed by atoms with E-state index in [1.54, 1.807) is 6.07 Å². The topological polar surface area (TPSA) is 126 Å². The van der Waals surface area contributed by atoms with Crippen molar-refractivity contribution in [1.82, 2.24) is 9.80 Å². The summed E-state index contributed by atoms with van der Waals surface area (Å²) in [6, 6.07) is 1.94. The molecule has 0 saturated carbocycles. The molecule has 3 saturated heterocycles. The van der Waals surface area contributed by atoms with Crippen molar-refractivity contribution in [3.05, 3.63) is 27.8 Å². The standard InChI is InChI=1S/C21H25N5O7/c1-22-18(27)21(19(28)23(2)20(22)29)11-13-9-16(26(30)31)15(24-3-6-32-7-4-24)10-14(13)25-5-8-33-12-17(21)25/h9-10,17H,3-8,11-12H2,1-2H3. The minimum Gasteiger partial charge on any atom is -0.378 e. The Bertz CT molecular complexity index is 1030. The van der Waals surface area contributed by atoms with Crippen molar-refractivity contribution in [2.45, 2.75) is 12.5 Å². The number of benzene rings is 1. The van der Waals surface area contributed by atoms with Crippen molar-refractivity contribution in [2.24, 2.45) is 5.41 Å². The highest BCUT2D eigenvalue weighted by atomic mass is 16.6. The number of carbonyl (C=O) groups is 3. The Morgan fingerprint density at radius 3 is 2.24 bits per heavy atom. The number of anilines is 2. The molecular formula is C21H25N5O7. The van der Waals surface area contributed by atoms with Crippen LogP contribution in [-0.4, -0.2) is 98.8 Å². The number of fused-ring (bicyclic) bond motifs is 4. The highest BCUT2D eigenvalue weighted by molar-refractivity contribution is 6.20. The predicted octanol–water partition coefficient (Wildman–Crippen LogP) is 0.230. The van der Waals surface area contributed by atoms with Crippen molar-refractivity contribution in [3.8, 4) is 0 Å². The number of nitrogens with zero attached hydrogens (tertiary/aromatic N) is 5. The van der Waals surface area contributed by atoms with Gasteiger partial charge < -0.3 is 19.3 Å². The fourth-order valence-corrected chi connectivity index (χ4v) is 5.47. The number of hydrogen-bond donors (Lipinski definition) is 0. The highest BCUT2D eigenvalue weighted by Crippen LogP contribution is 2.49. The summed E-state index contributed by atoms with van der Waals surface area (Å²) in [5.41, 5.74) is 0.109. The second-order valence-electron chi connectivity index (χ2n) is 8.77. The van der Waals surface area contributed by atoms with E-state index in [9.17, 15) is 24.5 Å². The number of imide groups is 2. The summed E-state index contributed by atoms with van der Waals surface area (Å²) < 4.78 is 11.1. The van der Waals surface area contributed by atoms with Crippen LogP contribution in [0.1, 0.15) is 5.56 Å². The third kappa shape index (κ3) is 3.00. The van der Waals surface area contributed by atoms with Crippen LogP contribution in [0.25, 0.3) is 0 Å². The second-order valence-corrected chi connectivity index (χ2v) is 8.77. The molecule has 3 fully saturated rings. The number of morpholine rings is 2. The number of rotatable bonds is 2. The quantitative estimate of drug-likeness (QED) is 0.347. The molecule has 4 aliphatic heterocycles. The summed E-state index contributed by atoms with van der Waals surface area (Å²) >= 11 is 0. The van der Waals surface area contributed by atoms with Gasteiger partial charge in [-0.2, -0.15) is 0 Å². The number of nitro benzene ring substituents is 1. The maximum absolute atomic E-state index is 13.5. The van der Waals surface area contributed by atoms with E-state index in [-0.39, 0.29) is 18.7 Å². The molecule has 33 heavy (non-hydrogen) atoms. The molecule has 0 radical (unpaired) electrons. The Balaban J connectivity index is 1.68. The number of urea groups is 1. The summed E-state index contributed by atoms with van der Waals surface area (Å²) in [6.45, 7) is 2.97. The number of barbiturate groups is 1. The smallest absolute Gasteiger partial charge is 0.332 e. The average Bonchev–Trinajstić information content (AvgIpc) is 2.84. The van der Waals surface area contributed by atoms with Crippen LogP contribution in [0.2, 0.25) is 0 Å². The molecule has 12 nitrogen and oxygen atoms in total. The van der Waals surface area contributed by atoms with Gasteiger partial charge in [-0.1, -0.05) is 0 Å². The molecule has 0 bridgehead atoms. The maximum Gasteiger partial charge on any atom is 0.332 e. The van der Waals surface area contributed by atoms with E-state index < -0.39 is 34.2 Å². The molecule has 1 aromatic carbocycles. The largest absolute Gasteiger partial charge is 0.378 e. The van der Waals surface area contributed by atoms with Gasteiger partial charge in [-0.3, -0.25) is 29.5 Å². The number of nitro groups is 1. The molecule has 0 aliphatic carbocycles. The average molecular weight is 459 g/mol. The van der Waals surface area contributed by atoms with Gasteiger partial charge in [0.15, 0.2) is 5.41 Å². The SMILES string of the molecule is CN1C(=O)N(C)C(=O)C2(Cc3cc([N+](=O)[O-])c(N4CCOCC4)cc3N3CCOCC32)C1=O. The maximum atomic E-state index is 13.5. The summed E-state index contributed by atoms with van der Waals surface area (Å²) in [4.78, 5) is 56.7. The first-order chi connectivity index (χ1) is 15.8. The number of amides is 4. The van der Waals surface area contributed by atoms with Gasteiger partial charge in [0.1, 0.15) is 5.69 Å². The van der Waals surface area contributed by atoms with Crippen molar-refractivity contribution in [1.29, 1.82) is 0 Å². The number of carbonyl (C=O) groups excluding carboxylic acids is 3. The van der Waals surface area contributed by atoms with Crippen LogP contribution < -0.4 is 9.80 Å². The monoisotopic (exact) mass is 459 g/mol. The van der Waals surface area contributed by atoms with Gasteiger partial charge in [0.2, 0.25) is 11.8 Å². The van der Waals surface area contributed by atoms with Crippen molar-refractivity contribution < 1.29 is 28.8 Å². The summed E-state index contributed by atoms with van der Waals surface area (Å²) in [5, 5.41) is 12.0. The van der Waals surface area contributed by atoms with Gasteiger partial charge in [-0.25, -0.2) is 4.79 Å². The Hall–Kier alpha value is -3.25. The molecule has 1 aromatic rings. The van der Waals surface area contributed by atoms with Gasteiger partial charge in [0, 0.05) is 51.9 Å². The minimum atomic E-state index is -1.60. The zero-order valence-electron chi connectivity index (χ0n) is 18.5. The van der Waals surface area contributed by atoms with Gasteiger partial charge in [0.25, 0.3) is 5.69 Å². The first kappa shape index (κ1) is 21.6. The summed E-state index contributed by atoms with van der Waals surface area (Å²) in [5.74, 6) is -1.22. The summed E-state index contributed by atoms with van der Waals surface area (Å²) in [7, 11) is 2.70. The molecule has 1 unspecified atom stereocenters. The Morgan fingerprint density at radius 2 is 1.61 bits per heavy atom.